The third kappa shape index (κ3) is 5.56. The standard InChI is InChI=1S/C13H15BrFNO4/c1-16(6-2-3-13(18)19)12(17)8-20-11-5-4-9(14)7-10(11)15/h4-5,7H,2-3,6,8H2,1H3,(H,18,19). The first-order valence-corrected chi connectivity index (χ1v) is 6.73. The van der Waals surface area contributed by atoms with Crippen LogP contribution in [0.3, 0.4) is 0 Å². The van der Waals surface area contributed by atoms with Crippen LogP contribution in [0.15, 0.2) is 22.7 Å². The molecule has 1 rings (SSSR count). The molecule has 0 bridgehead atoms. The number of carbonyl (C=O) groups excluding carboxylic acids is 1. The van der Waals surface area contributed by atoms with Crippen molar-refractivity contribution < 1.29 is 23.8 Å². The monoisotopic (exact) mass is 347 g/mol. The summed E-state index contributed by atoms with van der Waals surface area (Å²) in [6, 6.07) is 4.28. The van der Waals surface area contributed by atoms with Gasteiger partial charge in [-0.15, -0.1) is 0 Å². The number of hydrogen-bond donors (Lipinski definition) is 1. The lowest BCUT2D eigenvalue weighted by Gasteiger charge is -2.17. The number of nitrogens with zero attached hydrogens (tertiary/aromatic N) is 1. The van der Waals surface area contributed by atoms with Crippen molar-refractivity contribution in [2.45, 2.75) is 12.8 Å². The molecule has 1 amide bonds. The fourth-order valence-electron chi connectivity index (χ4n) is 1.43. The number of carboxylic acids is 1. The van der Waals surface area contributed by atoms with Gasteiger partial charge in [-0.25, -0.2) is 4.39 Å². The SMILES string of the molecule is CN(CCCC(=O)O)C(=O)COc1ccc(Br)cc1F. The van der Waals surface area contributed by atoms with Crippen LogP contribution in [0.4, 0.5) is 4.39 Å². The topological polar surface area (TPSA) is 66.8 Å². The molecular weight excluding hydrogens is 333 g/mol. The molecule has 0 heterocycles. The van der Waals surface area contributed by atoms with E-state index < -0.39 is 11.8 Å². The molecule has 0 spiro atoms. The van der Waals surface area contributed by atoms with Gasteiger partial charge in [0.05, 0.1) is 0 Å². The summed E-state index contributed by atoms with van der Waals surface area (Å²) in [4.78, 5) is 23.4. The summed E-state index contributed by atoms with van der Waals surface area (Å²) in [5.41, 5.74) is 0. The zero-order valence-electron chi connectivity index (χ0n) is 10.9. The minimum Gasteiger partial charge on any atom is -0.481 e. The summed E-state index contributed by atoms with van der Waals surface area (Å²) in [6.45, 7) is 0.0272. The van der Waals surface area contributed by atoms with E-state index in [-0.39, 0.29) is 24.7 Å². The molecule has 0 saturated heterocycles. The molecule has 0 atom stereocenters. The second kappa shape index (κ2) is 7.84. The Hall–Kier alpha value is -1.63. The summed E-state index contributed by atoms with van der Waals surface area (Å²) in [5, 5.41) is 8.50. The molecule has 20 heavy (non-hydrogen) atoms. The van der Waals surface area contributed by atoms with Gasteiger partial charge in [0.2, 0.25) is 0 Å². The number of benzene rings is 1. The maximum absolute atomic E-state index is 13.4. The minimum atomic E-state index is -0.904. The maximum Gasteiger partial charge on any atom is 0.303 e. The van der Waals surface area contributed by atoms with Gasteiger partial charge in [-0.3, -0.25) is 9.59 Å². The third-order valence-corrected chi connectivity index (χ3v) is 3.05. The lowest BCUT2D eigenvalue weighted by atomic mass is 10.3. The Morgan fingerprint density at radius 1 is 1.45 bits per heavy atom. The molecule has 1 aromatic rings. The highest BCUT2D eigenvalue weighted by atomic mass is 79.9. The van der Waals surface area contributed by atoms with Crippen molar-refractivity contribution >= 4 is 27.8 Å². The number of rotatable bonds is 7. The Labute approximate surface area is 124 Å². The van der Waals surface area contributed by atoms with Crippen molar-refractivity contribution in [3.05, 3.63) is 28.5 Å². The number of amides is 1. The highest BCUT2D eigenvalue weighted by molar-refractivity contribution is 9.10. The first-order chi connectivity index (χ1) is 9.40. The second-order valence-corrected chi connectivity index (χ2v) is 5.09. The molecule has 0 unspecified atom stereocenters. The number of aliphatic carboxylic acids is 1. The first-order valence-electron chi connectivity index (χ1n) is 5.93. The van der Waals surface area contributed by atoms with Crippen molar-refractivity contribution in [2.75, 3.05) is 20.2 Å². The minimum absolute atomic E-state index is 0.000181. The van der Waals surface area contributed by atoms with Crippen molar-refractivity contribution in [3.8, 4) is 5.75 Å². The fourth-order valence-corrected chi connectivity index (χ4v) is 1.77. The number of ether oxygens (including phenoxy) is 1. The molecule has 5 nitrogen and oxygen atoms in total. The summed E-state index contributed by atoms with van der Waals surface area (Å²) in [7, 11) is 1.55. The van der Waals surface area contributed by atoms with Crippen LogP contribution in [0.5, 0.6) is 5.75 Å². The van der Waals surface area contributed by atoms with E-state index in [1.807, 2.05) is 0 Å². The number of halogens is 2. The summed E-state index contributed by atoms with van der Waals surface area (Å²) < 4.78 is 19.1. The average Bonchev–Trinajstić information content (AvgIpc) is 2.36. The van der Waals surface area contributed by atoms with E-state index >= 15 is 0 Å². The van der Waals surface area contributed by atoms with Crippen LogP contribution in [0.25, 0.3) is 0 Å². The van der Waals surface area contributed by atoms with Gasteiger partial charge in [0.25, 0.3) is 5.91 Å². The molecule has 0 aliphatic heterocycles. The Morgan fingerprint density at radius 2 is 2.15 bits per heavy atom. The Morgan fingerprint density at radius 3 is 2.75 bits per heavy atom. The fraction of sp³-hybridized carbons (Fsp3) is 0.385. The molecule has 1 N–H and O–H groups in total. The zero-order chi connectivity index (χ0) is 15.1. The van der Waals surface area contributed by atoms with E-state index in [0.717, 1.165) is 0 Å². The predicted octanol–water partition coefficient (Wildman–Crippen LogP) is 2.29. The Balaban J connectivity index is 2.40. The van der Waals surface area contributed by atoms with Crippen LogP contribution < -0.4 is 4.74 Å². The molecule has 0 aliphatic rings. The Kier molecular flexibility index (Phi) is 6.44. The maximum atomic E-state index is 13.4. The highest BCUT2D eigenvalue weighted by Gasteiger charge is 2.12. The zero-order valence-corrected chi connectivity index (χ0v) is 12.5. The summed E-state index contributed by atoms with van der Waals surface area (Å²) in [5.74, 6) is -1.79. The summed E-state index contributed by atoms with van der Waals surface area (Å²) >= 11 is 3.12. The normalized spacial score (nSPS) is 10.2. The van der Waals surface area contributed by atoms with Gasteiger partial charge in [-0.2, -0.15) is 0 Å². The smallest absolute Gasteiger partial charge is 0.303 e. The number of hydrogen-bond acceptors (Lipinski definition) is 3. The van der Waals surface area contributed by atoms with Crippen LogP contribution >= 0.6 is 15.9 Å². The molecule has 0 fully saturated rings. The molecule has 7 heteroatoms. The van der Waals surface area contributed by atoms with Gasteiger partial charge < -0.3 is 14.7 Å². The Bertz CT molecular complexity index is 495. The second-order valence-electron chi connectivity index (χ2n) is 4.18. The molecular formula is C13H15BrFNO4. The number of carboxylic acid groups (broad SMARTS) is 1. The van der Waals surface area contributed by atoms with Gasteiger partial charge >= 0.3 is 5.97 Å². The van der Waals surface area contributed by atoms with Gasteiger partial charge in [-0.1, -0.05) is 15.9 Å². The van der Waals surface area contributed by atoms with Crippen LogP contribution in [-0.4, -0.2) is 42.1 Å². The number of likely N-dealkylation sites (N-methyl/N-ethyl adjacent to an activating group) is 1. The first kappa shape index (κ1) is 16.4. The molecule has 0 saturated carbocycles. The molecule has 0 aromatic heterocycles. The average molecular weight is 348 g/mol. The quantitative estimate of drug-likeness (QED) is 0.821. The largest absolute Gasteiger partial charge is 0.481 e. The third-order valence-electron chi connectivity index (χ3n) is 2.55. The van der Waals surface area contributed by atoms with Crippen LogP contribution in [0.1, 0.15) is 12.8 Å². The molecule has 110 valence electrons. The van der Waals surface area contributed by atoms with Crippen LogP contribution in [0.2, 0.25) is 0 Å². The van der Waals surface area contributed by atoms with Gasteiger partial charge in [0.1, 0.15) is 0 Å². The van der Waals surface area contributed by atoms with Crippen LogP contribution in [0, 0.1) is 5.82 Å². The van der Waals surface area contributed by atoms with E-state index in [1.165, 1.54) is 17.0 Å². The van der Waals surface area contributed by atoms with Gasteiger partial charge in [0, 0.05) is 24.5 Å². The van der Waals surface area contributed by atoms with Crippen molar-refractivity contribution in [3.63, 3.8) is 0 Å². The van der Waals surface area contributed by atoms with Crippen molar-refractivity contribution in [2.24, 2.45) is 0 Å². The van der Waals surface area contributed by atoms with E-state index in [4.69, 9.17) is 9.84 Å². The molecule has 0 radical (unpaired) electrons. The lowest BCUT2D eigenvalue weighted by molar-refractivity contribution is -0.138. The number of carbonyl (C=O) groups is 2. The highest BCUT2D eigenvalue weighted by Crippen LogP contribution is 2.21. The van der Waals surface area contributed by atoms with Crippen LogP contribution in [-0.2, 0) is 9.59 Å². The van der Waals surface area contributed by atoms with Crippen molar-refractivity contribution in [1.29, 1.82) is 0 Å². The van der Waals surface area contributed by atoms with Gasteiger partial charge in [0.15, 0.2) is 18.2 Å². The predicted molar refractivity (Wildman–Crippen MR) is 74.1 cm³/mol. The summed E-state index contributed by atoms with van der Waals surface area (Å²) in [6.07, 6.45) is 0.365. The van der Waals surface area contributed by atoms with Crippen molar-refractivity contribution in [1.82, 2.24) is 4.90 Å². The molecule has 1 aromatic carbocycles. The molecule has 0 aliphatic carbocycles. The van der Waals surface area contributed by atoms with E-state index in [2.05, 4.69) is 15.9 Å². The van der Waals surface area contributed by atoms with E-state index in [0.29, 0.717) is 17.4 Å². The van der Waals surface area contributed by atoms with E-state index in [9.17, 15) is 14.0 Å². The lowest BCUT2D eigenvalue weighted by Crippen LogP contribution is -2.32. The van der Waals surface area contributed by atoms with Gasteiger partial charge in [-0.05, 0) is 24.6 Å². The van der Waals surface area contributed by atoms with E-state index in [1.54, 1.807) is 13.1 Å².